The minimum absolute atomic E-state index is 0.535. The van der Waals surface area contributed by atoms with Crippen molar-refractivity contribution in [2.45, 2.75) is 38.1 Å². The van der Waals surface area contributed by atoms with Crippen molar-refractivity contribution in [3.63, 3.8) is 0 Å². The second-order valence-electron chi connectivity index (χ2n) is 8.64. The van der Waals surface area contributed by atoms with Gasteiger partial charge in [0, 0.05) is 6.04 Å². The number of methoxy groups -OCH3 is 1. The Hall–Kier alpha value is -3.11. The minimum Gasteiger partial charge on any atom is -0.497 e. The number of allylic oxidation sites excluding steroid dienone is 1. The van der Waals surface area contributed by atoms with Crippen molar-refractivity contribution in [2.24, 2.45) is 4.66 Å². The van der Waals surface area contributed by atoms with E-state index in [9.17, 15) is 0 Å². The smallest absolute Gasteiger partial charge is 0.349 e. The Balaban J connectivity index is 1.71. The Morgan fingerprint density at radius 2 is 1.38 bits per heavy atom. The van der Waals surface area contributed by atoms with E-state index in [1.807, 2.05) is 12.1 Å². The standard InChI is InChI=1S/C28H30N2OSi/c1-31-25-19-17-23(18-20-25)28-21-22-30(24-11-5-2-6-12-24)32(29-28,26-13-7-3-8-14-26)27-15-9-4-10-16-27/h3-4,7-10,13-22,24H,2,5-6,11-12H2,1H3. The number of rotatable bonds is 5. The summed E-state index contributed by atoms with van der Waals surface area (Å²) in [5.41, 5.74) is 2.19. The zero-order chi connectivity index (χ0) is 21.8. The van der Waals surface area contributed by atoms with Crippen LogP contribution in [0.15, 0.2) is 102 Å². The van der Waals surface area contributed by atoms with E-state index in [2.05, 4.69) is 89.6 Å². The summed E-state index contributed by atoms with van der Waals surface area (Å²) >= 11 is 0. The third kappa shape index (κ3) is 3.80. The maximum absolute atomic E-state index is 5.69. The molecule has 3 nitrogen and oxygen atoms in total. The van der Waals surface area contributed by atoms with Crippen LogP contribution in [0.1, 0.15) is 37.7 Å². The Bertz CT molecular complexity index is 1050. The van der Waals surface area contributed by atoms with Gasteiger partial charge in [-0.2, -0.15) is 0 Å². The first-order valence-electron chi connectivity index (χ1n) is 11.6. The molecule has 0 saturated heterocycles. The lowest BCUT2D eigenvalue weighted by molar-refractivity contribution is 0.304. The molecule has 0 unspecified atom stereocenters. The normalized spacial score (nSPS) is 18.3. The number of benzene rings is 3. The highest BCUT2D eigenvalue weighted by Crippen LogP contribution is 2.30. The summed E-state index contributed by atoms with van der Waals surface area (Å²) in [5.74, 6) is 0.868. The molecule has 1 aliphatic carbocycles. The van der Waals surface area contributed by atoms with Crippen LogP contribution in [-0.4, -0.2) is 31.8 Å². The predicted molar refractivity (Wildman–Crippen MR) is 135 cm³/mol. The van der Waals surface area contributed by atoms with Gasteiger partial charge in [0.05, 0.1) is 12.8 Å². The molecule has 3 aromatic rings. The monoisotopic (exact) mass is 438 g/mol. The summed E-state index contributed by atoms with van der Waals surface area (Å²) in [7, 11) is -0.910. The molecule has 0 atom stereocenters. The van der Waals surface area contributed by atoms with Crippen molar-refractivity contribution < 1.29 is 4.74 Å². The molecule has 3 aromatic carbocycles. The van der Waals surface area contributed by atoms with Crippen molar-refractivity contribution in [2.75, 3.05) is 7.11 Å². The Morgan fingerprint density at radius 3 is 1.94 bits per heavy atom. The molecular weight excluding hydrogens is 408 g/mol. The summed E-state index contributed by atoms with van der Waals surface area (Å²) < 4.78 is 13.7. The van der Waals surface area contributed by atoms with Crippen LogP contribution in [0.25, 0.3) is 0 Å². The largest absolute Gasteiger partial charge is 0.497 e. The van der Waals surface area contributed by atoms with Crippen LogP contribution in [0, 0.1) is 0 Å². The molecule has 0 radical (unpaired) electrons. The fraction of sp³-hybridized carbons (Fsp3) is 0.250. The molecule has 0 spiro atoms. The lowest BCUT2D eigenvalue weighted by Crippen LogP contribution is -2.71. The molecule has 32 heavy (non-hydrogen) atoms. The molecule has 162 valence electrons. The topological polar surface area (TPSA) is 24.8 Å². The van der Waals surface area contributed by atoms with Crippen LogP contribution in [0.2, 0.25) is 0 Å². The molecule has 1 aliphatic heterocycles. The van der Waals surface area contributed by atoms with Gasteiger partial charge in [0.25, 0.3) is 0 Å². The fourth-order valence-corrected chi connectivity index (χ4v) is 9.38. The SMILES string of the molecule is COc1ccc(C2=N[Si](c3ccccc3)(c3ccccc3)N(C3CCCCC3)C=C2)cc1. The van der Waals surface area contributed by atoms with Crippen LogP contribution >= 0.6 is 0 Å². The number of nitrogens with zero attached hydrogens (tertiary/aromatic N) is 2. The first-order valence-corrected chi connectivity index (χ1v) is 13.5. The second-order valence-corrected chi connectivity index (χ2v) is 11.9. The zero-order valence-electron chi connectivity index (χ0n) is 18.7. The van der Waals surface area contributed by atoms with E-state index in [-0.39, 0.29) is 0 Å². The molecule has 0 N–H and O–H groups in total. The van der Waals surface area contributed by atoms with Gasteiger partial charge in [0.1, 0.15) is 5.75 Å². The molecule has 0 bridgehead atoms. The molecule has 0 amide bonds. The van der Waals surface area contributed by atoms with E-state index >= 15 is 0 Å². The molecule has 2 aliphatic rings. The zero-order valence-corrected chi connectivity index (χ0v) is 19.7. The van der Waals surface area contributed by atoms with Crippen LogP contribution in [-0.2, 0) is 0 Å². The van der Waals surface area contributed by atoms with E-state index in [0.717, 1.165) is 17.0 Å². The summed E-state index contributed by atoms with van der Waals surface area (Å²) in [6.45, 7) is 0. The van der Waals surface area contributed by atoms with Gasteiger partial charge in [-0.1, -0.05) is 79.9 Å². The van der Waals surface area contributed by atoms with Crippen LogP contribution < -0.4 is 15.1 Å². The summed E-state index contributed by atoms with van der Waals surface area (Å²) in [6, 6.07) is 30.8. The quantitative estimate of drug-likeness (QED) is 0.529. The number of ether oxygens (including phenoxy) is 1. The van der Waals surface area contributed by atoms with Crippen LogP contribution in [0.4, 0.5) is 0 Å². The van der Waals surface area contributed by atoms with E-state index in [0.29, 0.717) is 6.04 Å². The average molecular weight is 439 g/mol. The van der Waals surface area contributed by atoms with Crippen molar-refractivity contribution in [3.8, 4) is 5.75 Å². The predicted octanol–water partition coefficient (Wildman–Crippen LogP) is 4.90. The van der Waals surface area contributed by atoms with Gasteiger partial charge < -0.3 is 9.30 Å². The number of hydrogen-bond donors (Lipinski definition) is 0. The number of hydrogen-bond acceptors (Lipinski definition) is 3. The second kappa shape index (κ2) is 9.17. The Morgan fingerprint density at radius 1 is 0.781 bits per heavy atom. The van der Waals surface area contributed by atoms with E-state index in [1.54, 1.807) is 7.11 Å². The average Bonchev–Trinajstić information content (AvgIpc) is 2.90. The van der Waals surface area contributed by atoms with Gasteiger partial charge in [-0.25, -0.2) is 0 Å². The molecular formula is C28H30N2OSi. The third-order valence-electron chi connectivity index (χ3n) is 6.76. The van der Waals surface area contributed by atoms with Gasteiger partial charge in [0.15, 0.2) is 0 Å². The summed E-state index contributed by atoms with van der Waals surface area (Å²) in [6.07, 6.45) is 11.0. The molecule has 1 fully saturated rings. The first-order chi connectivity index (χ1) is 15.8. The minimum atomic E-state index is -2.62. The van der Waals surface area contributed by atoms with E-state index in [4.69, 9.17) is 9.39 Å². The van der Waals surface area contributed by atoms with Crippen LogP contribution in [0.3, 0.4) is 0 Å². The third-order valence-corrected chi connectivity index (χ3v) is 10.9. The molecule has 4 heteroatoms. The lowest BCUT2D eigenvalue weighted by Gasteiger charge is -2.47. The Labute approximate surface area is 192 Å². The van der Waals surface area contributed by atoms with Gasteiger partial charge in [-0.05, 0) is 65.3 Å². The Kier molecular flexibility index (Phi) is 5.95. The van der Waals surface area contributed by atoms with E-state index in [1.165, 1.54) is 42.5 Å². The van der Waals surface area contributed by atoms with Crippen LogP contribution in [0.5, 0.6) is 5.75 Å². The molecule has 5 rings (SSSR count). The van der Waals surface area contributed by atoms with E-state index < -0.39 is 8.40 Å². The molecule has 0 aromatic heterocycles. The highest BCUT2D eigenvalue weighted by molar-refractivity contribution is 7.00. The maximum Gasteiger partial charge on any atom is 0.349 e. The van der Waals surface area contributed by atoms with Crippen molar-refractivity contribution in [1.82, 2.24) is 4.57 Å². The maximum atomic E-state index is 5.69. The molecule has 1 heterocycles. The highest BCUT2D eigenvalue weighted by Gasteiger charge is 2.48. The van der Waals surface area contributed by atoms with Gasteiger partial charge in [-0.3, -0.25) is 4.66 Å². The highest BCUT2D eigenvalue weighted by atomic mass is 28.3. The van der Waals surface area contributed by atoms with Crippen molar-refractivity contribution >= 4 is 24.5 Å². The van der Waals surface area contributed by atoms with Crippen molar-refractivity contribution in [1.29, 1.82) is 0 Å². The van der Waals surface area contributed by atoms with Gasteiger partial charge >= 0.3 is 8.40 Å². The fourth-order valence-electron chi connectivity index (χ4n) is 5.13. The lowest BCUT2D eigenvalue weighted by atomic mass is 9.95. The summed E-state index contributed by atoms with van der Waals surface area (Å²) in [4.78, 5) is 0. The first kappa shape index (κ1) is 20.8. The summed E-state index contributed by atoms with van der Waals surface area (Å²) in [5, 5.41) is 2.68. The molecule has 1 saturated carbocycles. The van der Waals surface area contributed by atoms with Crippen molar-refractivity contribution in [3.05, 3.63) is 103 Å². The van der Waals surface area contributed by atoms with Gasteiger partial charge in [0.2, 0.25) is 0 Å². The van der Waals surface area contributed by atoms with Gasteiger partial charge in [-0.15, -0.1) is 0 Å².